The van der Waals surface area contributed by atoms with Gasteiger partial charge in [0, 0.05) is 6.04 Å². The van der Waals surface area contributed by atoms with Gasteiger partial charge in [-0.25, -0.2) is 0 Å². The molecule has 0 aromatic heterocycles. The first-order valence-corrected chi connectivity index (χ1v) is 14.4. The SMILES string of the molecule is CCOC(=O)C1CCN(C(CC)CC(CC)c2ccc(O[C@H]3CC[C@H](C(C)(C)C)CC3)cc2)CC1. The number of likely N-dealkylation sites (tertiary alicyclic amines) is 1. The molecule has 2 atom stereocenters. The molecule has 1 saturated heterocycles. The van der Waals surface area contributed by atoms with Gasteiger partial charge in [0.25, 0.3) is 0 Å². The summed E-state index contributed by atoms with van der Waals surface area (Å²) in [5.74, 6) is 2.48. The predicted molar refractivity (Wildman–Crippen MR) is 145 cm³/mol. The van der Waals surface area contributed by atoms with Gasteiger partial charge < -0.3 is 14.4 Å². The van der Waals surface area contributed by atoms with Crippen LogP contribution in [0.25, 0.3) is 0 Å². The summed E-state index contributed by atoms with van der Waals surface area (Å²) in [6.45, 7) is 16.1. The number of nitrogens with zero attached hydrogens (tertiary/aromatic N) is 1. The van der Waals surface area contributed by atoms with Gasteiger partial charge in [0.2, 0.25) is 0 Å². The van der Waals surface area contributed by atoms with Crippen LogP contribution in [0.5, 0.6) is 5.75 Å². The summed E-state index contributed by atoms with van der Waals surface area (Å²) in [5.41, 5.74) is 1.84. The molecule has 4 nitrogen and oxygen atoms in total. The summed E-state index contributed by atoms with van der Waals surface area (Å²) >= 11 is 0. The summed E-state index contributed by atoms with van der Waals surface area (Å²) in [5, 5.41) is 0. The zero-order valence-electron chi connectivity index (χ0n) is 23.4. The van der Waals surface area contributed by atoms with Crippen LogP contribution in [0.3, 0.4) is 0 Å². The van der Waals surface area contributed by atoms with Crippen molar-refractivity contribution in [1.82, 2.24) is 4.90 Å². The Morgan fingerprint density at radius 3 is 2.09 bits per heavy atom. The number of piperidine rings is 1. The second-order valence-corrected chi connectivity index (χ2v) is 12.0. The molecule has 1 aromatic carbocycles. The van der Waals surface area contributed by atoms with Crippen LogP contribution >= 0.6 is 0 Å². The van der Waals surface area contributed by atoms with E-state index in [0.29, 0.717) is 30.1 Å². The molecule has 0 spiro atoms. The van der Waals surface area contributed by atoms with E-state index in [-0.39, 0.29) is 11.9 Å². The second-order valence-electron chi connectivity index (χ2n) is 12.0. The van der Waals surface area contributed by atoms with Gasteiger partial charge in [-0.1, -0.05) is 46.8 Å². The maximum atomic E-state index is 12.1. The van der Waals surface area contributed by atoms with E-state index in [0.717, 1.165) is 50.4 Å². The molecule has 3 rings (SSSR count). The monoisotopic (exact) mass is 485 g/mol. The Bertz CT molecular complexity index is 752. The van der Waals surface area contributed by atoms with Crippen molar-refractivity contribution in [1.29, 1.82) is 0 Å². The first kappa shape index (κ1) is 28.0. The Hall–Kier alpha value is -1.55. The molecule has 2 aliphatic rings. The Morgan fingerprint density at radius 2 is 1.57 bits per heavy atom. The molecule has 1 aliphatic heterocycles. The van der Waals surface area contributed by atoms with Crippen molar-refractivity contribution >= 4 is 5.97 Å². The summed E-state index contributed by atoms with van der Waals surface area (Å²) in [7, 11) is 0. The highest BCUT2D eigenvalue weighted by Crippen LogP contribution is 2.39. The van der Waals surface area contributed by atoms with Gasteiger partial charge in [-0.2, -0.15) is 0 Å². The molecule has 1 aliphatic carbocycles. The zero-order valence-corrected chi connectivity index (χ0v) is 23.4. The molecular formula is C31H51NO3. The van der Waals surface area contributed by atoms with Crippen LogP contribution in [0.15, 0.2) is 24.3 Å². The molecule has 0 N–H and O–H groups in total. The maximum absolute atomic E-state index is 12.1. The first-order chi connectivity index (χ1) is 16.7. The highest BCUT2D eigenvalue weighted by molar-refractivity contribution is 5.72. The van der Waals surface area contributed by atoms with Crippen LogP contribution in [-0.2, 0) is 9.53 Å². The molecule has 35 heavy (non-hydrogen) atoms. The van der Waals surface area contributed by atoms with Gasteiger partial charge in [0.05, 0.1) is 18.6 Å². The van der Waals surface area contributed by atoms with Gasteiger partial charge in [-0.3, -0.25) is 4.79 Å². The molecule has 1 heterocycles. The Morgan fingerprint density at radius 1 is 0.943 bits per heavy atom. The molecule has 1 aromatic rings. The fourth-order valence-electron chi connectivity index (χ4n) is 6.26. The molecule has 2 fully saturated rings. The standard InChI is InChI=1S/C31H51NO3/c1-7-23(22-27(8-2)32-20-18-25(19-21-32)30(33)34-9-3)24-10-14-28(15-11-24)35-29-16-12-26(13-17-29)31(4,5)6/h10-11,14-15,23,25-27,29H,7-9,12-13,16-22H2,1-6H3/t23?,26-,27?,29-. The van der Waals surface area contributed by atoms with Crippen molar-refractivity contribution < 1.29 is 14.3 Å². The summed E-state index contributed by atoms with van der Waals surface area (Å²) < 4.78 is 11.6. The number of carbonyl (C=O) groups excluding carboxylic acids is 1. The first-order valence-electron chi connectivity index (χ1n) is 14.4. The summed E-state index contributed by atoms with van der Waals surface area (Å²) in [6.07, 6.45) is 10.6. The lowest BCUT2D eigenvalue weighted by Gasteiger charge is -2.38. The number of rotatable bonds is 10. The summed E-state index contributed by atoms with van der Waals surface area (Å²) in [6, 6.07) is 9.55. The lowest BCUT2D eigenvalue weighted by atomic mass is 9.72. The van der Waals surface area contributed by atoms with E-state index in [1.54, 1.807) is 0 Å². The average molecular weight is 486 g/mol. The van der Waals surface area contributed by atoms with E-state index in [9.17, 15) is 4.79 Å². The van der Waals surface area contributed by atoms with Gasteiger partial charge in [-0.15, -0.1) is 0 Å². The van der Waals surface area contributed by atoms with Crippen molar-refractivity contribution in [3.63, 3.8) is 0 Å². The minimum absolute atomic E-state index is 0.00353. The van der Waals surface area contributed by atoms with E-state index < -0.39 is 0 Å². The zero-order chi connectivity index (χ0) is 25.4. The molecule has 0 bridgehead atoms. The van der Waals surface area contributed by atoms with Crippen LogP contribution in [-0.4, -0.2) is 42.7 Å². The molecular weight excluding hydrogens is 434 g/mol. The van der Waals surface area contributed by atoms with E-state index in [1.807, 2.05) is 6.92 Å². The largest absolute Gasteiger partial charge is 0.490 e. The molecule has 0 radical (unpaired) electrons. The van der Waals surface area contributed by atoms with Crippen LogP contribution in [0.1, 0.15) is 111 Å². The molecule has 0 amide bonds. The van der Waals surface area contributed by atoms with E-state index >= 15 is 0 Å². The third-order valence-electron chi connectivity index (χ3n) is 8.74. The number of hydrogen-bond acceptors (Lipinski definition) is 4. The molecule has 2 unspecified atom stereocenters. The quantitative estimate of drug-likeness (QED) is 0.320. The van der Waals surface area contributed by atoms with Gasteiger partial charge >= 0.3 is 5.97 Å². The Labute approximate surface area is 215 Å². The molecule has 1 saturated carbocycles. The predicted octanol–water partition coefficient (Wildman–Crippen LogP) is 7.61. The lowest BCUT2D eigenvalue weighted by molar-refractivity contribution is -0.149. The van der Waals surface area contributed by atoms with Crippen LogP contribution in [0.4, 0.5) is 0 Å². The Balaban J connectivity index is 1.51. The minimum atomic E-state index is -0.00353. The van der Waals surface area contributed by atoms with Gasteiger partial charge in [0.1, 0.15) is 5.75 Å². The average Bonchev–Trinajstić information content (AvgIpc) is 2.86. The van der Waals surface area contributed by atoms with Crippen LogP contribution < -0.4 is 4.74 Å². The fraction of sp³-hybridized carbons (Fsp3) is 0.774. The number of esters is 1. The third-order valence-corrected chi connectivity index (χ3v) is 8.74. The van der Waals surface area contributed by atoms with Crippen LogP contribution in [0.2, 0.25) is 0 Å². The van der Waals surface area contributed by atoms with E-state index in [4.69, 9.17) is 9.47 Å². The smallest absolute Gasteiger partial charge is 0.309 e. The van der Waals surface area contributed by atoms with E-state index in [1.165, 1.54) is 37.7 Å². The van der Waals surface area contributed by atoms with Crippen LogP contribution in [0, 0.1) is 17.3 Å². The normalized spacial score (nSPS) is 24.1. The Kier molecular flexibility index (Phi) is 10.5. The van der Waals surface area contributed by atoms with Gasteiger partial charge in [-0.05, 0) is 113 Å². The lowest BCUT2D eigenvalue weighted by Crippen LogP contribution is -2.43. The van der Waals surface area contributed by atoms with Crippen molar-refractivity contribution in [2.75, 3.05) is 19.7 Å². The minimum Gasteiger partial charge on any atom is -0.490 e. The van der Waals surface area contributed by atoms with Crippen molar-refractivity contribution in [3.8, 4) is 5.75 Å². The number of carbonyl (C=O) groups is 1. The van der Waals surface area contributed by atoms with Crippen molar-refractivity contribution in [3.05, 3.63) is 29.8 Å². The maximum Gasteiger partial charge on any atom is 0.309 e. The van der Waals surface area contributed by atoms with E-state index in [2.05, 4.69) is 63.8 Å². The summed E-state index contributed by atoms with van der Waals surface area (Å²) in [4.78, 5) is 14.7. The van der Waals surface area contributed by atoms with Crippen molar-refractivity contribution in [2.24, 2.45) is 17.3 Å². The highest BCUT2D eigenvalue weighted by Gasteiger charge is 2.31. The number of benzene rings is 1. The number of ether oxygens (including phenoxy) is 2. The van der Waals surface area contributed by atoms with Crippen molar-refractivity contribution in [2.45, 2.75) is 117 Å². The topological polar surface area (TPSA) is 38.8 Å². The molecule has 198 valence electrons. The highest BCUT2D eigenvalue weighted by atomic mass is 16.5. The van der Waals surface area contributed by atoms with Gasteiger partial charge in [0.15, 0.2) is 0 Å². The number of hydrogen-bond donors (Lipinski definition) is 0. The third kappa shape index (κ3) is 7.97. The molecule has 4 heteroatoms. The second kappa shape index (κ2) is 13.1. The fourth-order valence-corrected chi connectivity index (χ4v) is 6.26.